The van der Waals surface area contributed by atoms with Crippen molar-refractivity contribution in [3.8, 4) is 17.6 Å². The average Bonchev–Trinajstić information content (AvgIpc) is 2.49. The smallest absolute Gasteiger partial charge is 0.266 e. The van der Waals surface area contributed by atoms with Gasteiger partial charge in [0.05, 0.1) is 5.69 Å². The number of nitrogens with zero attached hydrogens (tertiary/aromatic N) is 1. The van der Waals surface area contributed by atoms with Crippen LogP contribution in [0.15, 0.2) is 48.0 Å². The number of rotatable bonds is 3. The molecule has 2 rings (SSSR count). The number of hydrogen-bond acceptors (Lipinski definition) is 4. The Labute approximate surface area is 127 Å². The first-order valence-corrected chi connectivity index (χ1v) is 6.51. The SMILES string of the molecule is Cc1ccc(NC(=O)/C(C#N)=C/c2ccc(O)cc2)c(O)c1. The first-order valence-electron chi connectivity index (χ1n) is 6.51. The van der Waals surface area contributed by atoms with Crippen LogP contribution in [0.3, 0.4) is 0 Å². The minimum atomic E-state index is -0.616. The quantitative estimate of drug-likeness (QED) is 0.461. The van der Waals surface area contributed by atoms with Crippen LogP contribution >= 0.6 is 0 Å². The fraction of sp³-hybridized carbons (Fsp3) is 0.0588. The van der Waals surface area contributed by atoms with Crippen molar-refractivity contribution < 1.29 is 15.0 Å². The van der Waals surface area contributed by atoms with Crippen molar-refractivity contribution in [2.24, 2.45) is 0 Å². The topological polar surface area (TPSA) is 93.4 Å². The minimum Gasteiger partial charge on any atom is -0.508 e. The molecule has 0 aromatic heterocycles. The largest absolute Gasteiger partial charge is 0.508 e. The molecule has 3 N–H and O–H groups in total. The maximum absolute atomic E-state index is 12.1. The predicted octanol–water partition coefficient (Wildman–Crippen LogP) is 2.95. The third-order valence-corrected chi connectivity index (χ3v) is 2.97. The Bertz CT molecular complexity index is 771. The Balaban J connectivity index is 2.22. The molecule has 0 atom stereocenters. The summed E-state index contributed by atoms with van der Waals surface area (Å²) in [5.74, 6) is -0.574. The molecule has 0 aliphatic heterocycles. The zero-order valence-corrected chi connectivity index (χ0v) is 11.9. The summed E-state index contributed by atoms with van der Waals surface area (Å²) >= 11 is 0. The van der Waals surface area contributed by atoms with E-state index in [4.69, 9.17) is 5.26 Å². The molecule has 0 bridgehead atoms. The first kappa shape index (κ1) is 15.1. The van der Waals surface area contributed by atoms with E-state index in [1.807, 2.05) is 13.0 Å². The third-order valence-electron chi connectivity index (χ3n) is 2.97. The second-order valence-corrected chi connectivity index (χ2v) is 4.74. The third kappa shape index (κ3) is 3.64. The summed E-state index contributed by atoms with van der Waals surface area (Å²) < 4.78 is 0. The number of nitriles is 1. The Hall–Kier alpha value is -3.26. The minimum absolute atomic E-state index is 0.0599. The van der Waals surface area contributed by atoms with E-state index in [2.05, 4.69) is 5.32 Å². The lowest BCUT2D eigenvalue weighted by molar-refractivity contribution is -0.112. The number of aryl methyl sites for hydroxylation is 1. The van der Waals surface area contributed by atoms with Crippen LogP contribution in [0.4, 0.5) is 5.69 Å². The van der Waals surface area contributed by atoms with Gasteiger partial charge in [0, 0.05) is 0 Å². The molecule has 0 spiro atoms. The summed E-state index contributed by atoms with van der Waals surface area (Å²) in [6.45, 7) is 1.82. The second kappa shape index (κ2) is 6.46. The van der Waals surface area contributed by atoms with Crippen LogP contribution < -0.4 is 5.32 Å². The number of nitrogens with one attached hydrogen (secondary N) is 1. The van der Waals surface area contributed by atoms with Crippen molar-refractivity contribution in [2.45, 2.75) is 6.92 Å². The summed E-state index contributed by atoms with van der Waals surface area (Å²) in [6.07, 6.45) is 1.40. The number of carbonyl (C=O) groups excluding carboxylic acids is 1. The van der Waals surface area contributed by atoms with E-state index in [1.54, 1.807) is 24.3 Å². The molecular weight excluding hydrogens is 280 g/mol. The van der Waals surface area contributed by atoms with E-state index in [0.29, 0.717) is 5.56 Å². The van der Waals surface area contributed by atoms with E-state index in [0.717, 1.165) is 5.56 Å². The average molecular weight is 294 g/mol. The van der Waals surface area contributed by atoms with Crippen LogP contribution in [0, 0.1) is 18.3 Å². The van der Waals surface area contributed by atoms with Gasteiger partial charge in [-0.2, -0.15) is 5.26 Å². The number of aromatic hydroxyl groups is 2. The molecule has 0 saturated heterocycles. The van der Waals surface area contributed by atoms with Crippen LogP contribution in [0.1, 0.15) is 11.1 Å². The lowest BCUT2D eigenvalue weighted by Gasteiger charge is -2.07. The van der Waals surface area contributed by atoms with Gasteiger partial charge in [0.25, 0.3) is 5.91 Å². The van der Waals surface area contributed by atoms with Gasteiger partial charge in [-0.15, -0.1) is 0 Å². The Morgan fingerprint density at radius 1 is 1.18 bits per heavy atom. The van der Waals surface area contributed by atoms with Crippen molar-refractivity contribution in [3.05, 3.63) is 59.2 Å². The van der Waals surface area contributed by atoms with E-state index in [-0.39, 0.29) is 22.8 Å². The van der Waals surface area contributed by atoms with Crippen molar-refractivity contribution in [2.75, 3.05) is 5.32 Å². The number of benzene rings is 2. The zero-order valence-electron chi connectivity index (χ0n) is 11.9. The molecule has 5 heteroatoms. The summed E-state index contributed by atoms with van der Waals surface area (Å²) in [7, 11) is 0. The Kier molecular flexibility index (Phi) is 4.44. The summed E-state index contributed by atoms with van der Waals surface area (Å²) in [5.41, 5.74) is 1.60. The molecule has 0 aliphatic rings. The number of carbonyl (C=O) groups is 1. The van der Waals surface area contributed by atoms with Crippen molar-refractivity contribution >= 4 is 17.7 Å². The van der Waals surface area contributed by atoms with Crippen LogP contribution in [-0.4, -0.2) is 16.1 Å². The highest BCUT2D eigenvalue weighted by Crippen LogP contribution is 2.24. The lowest BCUT2D eigenvalue weighted by Crippen LogP contribution is -2.13. The maximum Gasteiger partial charge on any atom is 0.266 e. The van der Waals surface area contributed by atoms with Crippen LogP contribution in [0.5, 0.6) is 11.5 Å². The monoisotopic (exact) mass is 294 g/mol. The molecule has 0 unspecified atom stereocenters. The number of amides is 1. The molecule has 0 fully saturated rings. The Morgan fingerprint density at radius 3 is 2.45 bits per heavy atom. The molecule has 0 saturated carbocycles. The van der Waals surface area contributed by atoms with E-state index in [9.17, 15) is 15.0 Å². The van der Waals surface area contributed by atoms with Crippen molar-refractivity contribution in [1.29, 1.82) is 5.26 Å². The zero-order chi connectivity index (χ0) is 16.1. The first-order chi connectivity index (χ1) is 10.5. The van der Waals surface area contributed by atoms with Crippen LogP contribution in [0.2, 0.25) is 0 Å². The van der Waals surface area contributed by atoms with Gasteiger partial charge in [0.15, 0.2) is 0 Å². The number of anilines is 1. The predicted molar refractivity (Wildman–Crippen MR) is 83.2 cm³/mol. The standard InChI is InChI=1S/C17H14N2O3/c1-11-2-7-15(16(21)8-11)19-17(22)13(10-18)9-12-3-5-14(20)6-4-12/h2-9,20-21H,1H3,(H,19,22)/b13-9+. The van der Waals surface area contributed by atoms with Crippen LogP contribution in [0.25, 0.3) is 6.08 Å². The highest BCUT2D eigenvalue weighted by Gasteiger charge is 2.11. The van der Waals surface area contributed by atoms with Gasteiger partial charge < -0.3 is 15.5 Å². The normalized spacial score (nSPS) is 10.8. The summed E-state index contributed by atoms with van der Waals surface area (Å²) in [4.78, 5) is 12.1. The number of phenols is 2. The number of hydrogen-bond donors (Lipinski definition) is 3. The van der Waals surface area contributed by atoms with Gasteiger partial charge in [-0.05, 0) is 48.4 Å². The summed E-state index contributed by atoms with van der Waals surface area (Å²) in [5, 5.41) is 30.6. The fourth-order valence-electron chi connectivity index (χ4n) is 1.82. The molecule has 0 heterocycles. The van der Waals surface area contributed by atoms with Crippen molar-refractivity contribution in [3.63, 3.8) is 0 Å². The molecule has 2 aromatic rings. The van der Waals surface area contributed by atoms with Crippen LogP contribution in [-0.2, 0) is 4.79 Å². The van der Waals surface area contributed by atoms with Crippen molar-refractivity contribution in [1.82, 2.24) is 0 Å². The number of phenolic OH excluding ortho intramolecular Hbond substituents is 2. The van der Waals surface area contributed by atoms with E-state index in [1.165, 1.54) is 24.3 Å². The Morgan fingerprint density at radius 2 is 1.86 bits per heavy atom. The molecule has 0 radical (unpaired) electrons. The molecule has 0 aliphatic carbocycles. The molecule has 2 aromatic carbocycles. The van der Waals surface area contributed by atoms with E-state index < -0.39 is 5.91 Å². The van der Waals surface area contributed by atoms with E-state index >= 15 is 0 Å². The molecular formula is C17H14N2O3. The lowest BCUT2D eigenvalue weighted by atomic mass is 10.1. The molecule has 1 amide bonds. The van der Waals surface area contributed by atoms with Gasteiger partial charge in [0.1, 0.15) is 23.1 Å². The molecule has 22 heavy (non-hydrogen) atoms. The molecule has 110 valence electrons. The van der Waals surface area contributed by atoms with Gasteiger partial charge in [-0.25, -0.2) is 0 Å². The van der Waals surface area contributed by atoms with Gasteiger partial charge in [-0.3, -0.25) is 4.79 Å². The van der Waals surface area contributed by atoms with Gasteiger partial charge in [-0.1, -0.05) is 18.2 Å². The second-order valence-electron chi connectivity index (χ2n) is 4.74. The summed E-state index contributed by atoms with van der Waals surface area (Å²) in [6, 6.07) is 12.7. The highest BCUT2D eigenvalue weighted by atomic mass is 16.3. The van der Waals surface area contributed by atoms with Gasteiger partial charge >= 0.3 is 0 Å². The maximum atomic E-state index is 12.1. The fourth-order valence-corrected chi connectivity index (χ4v) is 1.82. The molecule has 5 nitrogen and oxygen atoms in total. The highest BCUT2D eigenvalue weighted by molar-refractivity contribution is 6.10. The van der Waals surface area contributed by atoms with Gasteiger partial charge in [0.2, 0.25) is 0 Å².